The van der Waals surface area contributed by atoms with Crippen LogP contribution in [0.25, 0.3) is 10.9 Å². The molecule has 0 saturated carbocycles. The number of fused-ring (bicyclic) bond motifs is 1. The number of benzene rings is 2. The molecule has 0 radical (unpaired) electrons. The van der Waals surface area contributed by atoms with E-state index in [0.29, 0.717) is 6.54 Å². The van der Waals surface area contributed by atoms with Crippen LogP contribution in [0.15, 0.2) is 79.1 Å². The van der Waals surface area contributed by atoms with Crippen LogP contribution in [-0.4, -0.2) is 35.7 Å². The number of methoxy groups -OCH3 is 1. The maximum Gasteiger partial charge on any atom is 0.223 e. The number of nitrogens with zero attached hydrogens (tertiary/aromatic N) is 3. The Morgan fingerprint density at radius 2 is 1.82 bits per heavy atom. The van der Waals surface area contributed by atoms with Crippen LogP contribution in [0.2, 0.25) is 0 Å². The molecule has 3 heterocycles. The van der Waals surface area contributed by atoms with Crippen LogP contribution in [0.1, 0.15) is 24.0 Å². The largest absolute Gasteiger partial charge is 0.497 e. The lowest BCUT2D eigenvalue weighted by Crippen LogP contribution is -2.40. The molecule has 1 N–H and O–H groups in total. The number of ether oxygens (including phenoxy) is 1. The molecule has 5 rings (SSSR count). The molecule has 1 fully saturated rings. The molecule has 1 aliphatic rings. The molecule has 0 spiro atoms. The topological polar surface area (TPSA) is 59.4 Å². The Balaban J connectivity index is 1.21. The summed E-state index contributed by atoms with van der Waals surface area (Å²) >= 11 is 0. The van der Waals surface area contributed by atoms with Crippen molar-refractivity contribution in [3.05, 3.63) is 90.3 Å². The monoisotopic (exact) mass is 454 g/mol. The number of carbonyl (C=O) groups excluding carboxylic acids is 1. The van der Waals surface area contributed by atoms with Gasteiger partial charge in [0.2, 0.25) is 5.91 Å². The van der Waals surface area contributed by atoms with E-state index >= 15 is 0 Å². The van der Waals surface area contributed by atoms with Gasteiger partial charge < -0.3 is 19.5 Å². The molecule has 1 aliphatic heterocycles. The number of rotatable bonds is 7. The van der Waals surface area contributed by atoms with E-state index in [0.717, 1.165) is 49.6 Å². The summed E-state index contributed by atoms with van der Waals surface area (Å²) in [6.45, 7) is 3.01. The third-order valence-corrected chi connectivity index (χ3v) is 6.64. The van der Waals surface area contributed by atoms with Crippen LogP contribution < -0.4 is 15.0 Å². The summed E-state index contributed by atoms with van der Waals surface area (Å²) in [7, 11) is 1.65. The Morgan fingerprint density at radius 1 is 1.03 bits per heavy atom. The van der Waals surface area contributed by atoms with E-state index in [2.05, 4.69) is 57.4 Å². The lowest BCUT2D eigenvalue weighted by Gasteiger charge is -2.32. The van der Waals surface area contributed by atoms with Gasteiger partial charge in [-0.25, -0.2) is 4.98 Å². The minimum atomic E-state index is 0.0312. The van der Waals surface area contributed by atoms with Crippen LogP contribution in [0.4, 0.5) is 5.82 Å². The average Bonchev–Trinajstić information content (AvgIpc) is 3.31. The molecule has 1 amide bonds. The third-order valence-electron chi connectivity index (χ3n) is 6.64. The quantitative estimate of drug-likeness (QED) is 0.443. The Kier molecular flexibility index (Phi) is 6.47. The lowest BCUT2D eigenvalue weighted by atomic mass is 9.95. The van der Waals surface area contributed by atoms with Crippen molar-refractivity contribution < 1.29 is 9.53 Å². The van der Waals surface area contributed by atoms with E-state index in [1.54, 1.807) is 7.11 Å². The molecule has 0 aliphatic carbocycles. The molecule has 4 aromatic rings. The van der Waals surface area contributed by atoms with Crippen LogP contribution in [0.5, 0.6) is 5.75 Å². The van der Waals surface area contributed by atoms with E-state index in [4.69, 9.17) is 9.72 Å². The zero-order chi connectivity index (χ0) is 23.3. The maximum absolute atomic E-state index is 12.8. The molecule has 6 nitrogen and oxygen atoms in total. The van der Waals surface area contributed by atoms with Crippen molar-refractivity contribution in [2.75, 3.05) is 25.1 Å². The molecular formula is C28H30N4O2. The summed E-state index contributed by atoms with van der Waals surface area (Å²) in [6.07, 6.45) is 5.69. The molecule has 0 unspecified atom stereocenters. The van der Waals surface area contributed by atoms with Gasteiger partial charge in [0.25, 0.3) is 0 Å². The normalized spacial score (nSPS) is 14.3. The molecule has 34 heavy (non-hydrogen) atoms. The van der Waals surface area contributed by atoms with Crippen molar-refractivity contribution in [1.29, 1.82) is 0 Å². The van der Waals surface area contributed by atoms with Crippen molar-refractivity contribution in [3.8, 4) is 5.75 Å². The zero-order valence-electron chi connectivity index (χ0n) is 19.5. The number of pyridine rings is 1. The van der Waals surface area contributed by atoms with Gasteiger partial charge in [-0.05, 0) is 48.2 Å². The first-order valence-electron chi connectivity index (χ1n) is 11.8. The van der Waals surface area contributed by atoms with Crippen LogP contribution in [-0.2, 0) is 17.9 Å². The molecule has 174 valence electrons. The lowest BCUT2D eigenvalue weighted by molar-refractivity contribution is -0.125. The first kappa shape index (κ1) is 22.0. The van der Waals surface area contributed by atoms with Crippen molar-refractivity contribution >= 4 is 22.6 Å². The van der Waals surface area contributed by atoms with Gasteiger partial charge in [-0.15, -0.1) is 0 Å². The second-order valence-electron chi connectivity index (χ2n) is 8.83. The Morgan fingerprint density at radius 3 is 2.62 bits per heavy atom. The molecule has 2 aromatic carbocycles. The second-order valence-corrected chi connectivity index (χ2v) is 8.83. The highest BCUT2D eigenvalue weighted by Gasteiger charge is 2.26. The average molecular weight is 455 g/mol. The van der Waals surface area contributed by atoms with Crippen LogP contribution >= 0.6 is 0 Å². The molecule has 1 saturated heterocycles. The minimum absolute atomic E-state index is 0.0312. The summed E-state index contributed by atoms with van der Waals surface area (Å²) < 4.78 is 7.54. The first-order valence-corrected chi connectivity index (χ1v) is 11.8. The highest BCUT2D eigenvalue weighted by Crippen LogP contribution is 2.29. The molecular weight excluding hydrogens is 424 g/mol. The number of aromatic nitrogens is 2. The number of hydrogen-bond donors (Lipinski definition) is 1. The fourth-order valence-electron chi connectivity index (χ4n) is 4.75. The zero-order valence-corrected chi connectivity index (χ0v) is 19.5. The highest BCUT2D eigenvalue weighted by molar-refractivity contribution is 5.91. The molecule has 6 heteroatoms. The summed E-state index contributed by atoms with van der Waals surface area (Å²) in [4.78, 5) is 19.8. The number of carbonyl (C=O) groups is 1. The smallest absolute Gasteiger partial charge is 0.223 e. The summed E-state index contributed by atoms with van der Waals surface area (Å²) in [5, 5.41) is 4.26. The first-order chi connectivity index (χ1) is 16.7. The van der Waals surface area contributed by atoms with Gasteiger partial charge in [0.05, 0.1) is 12.6 Å². The van der Waals surface area contributed by atoms with Gasteiger partial charge in [0.15, 0.2) is 0 Å². The van der Waals surface area contributed by atoms with E-state index in [-0.39, 0.29) is 11.8 Å². The summed E-state index contributed by atoms with van der Waals surface area (Å²) in [5.74, 6) is 1.98. The van der Waals surface area contributed by atoms with Gasteiger partial charge >= 0.3 is 0 Å². The number of anilines is 1. The number of piperidine rings is 1. The maximum atomic E-state index is 12.8. The Bertz CT molecular complexity index is 1260. The summed E-state index contributed by atoms with van der Waals surface area (Å²) in [5.41, 5.74) is 3.51. The minimum Gasteiger partial charge on any atom is -0.497 e. The third kappa shape index (κ3) is 4.76. The number of amides is 1. The molecule has 2 aromatic heterocycles. The van der Waals surface area contributed by atoms with Crippen molar-refractivity contribution in [3.63, 3.8) is 0 Å². The predicted molar refractivity (Wildman–Crippen MR) is 135 cm³/mol. The van der Waals surface area contributed by atoms with E-state index in [9.17, 15) is 4.79 Å². The van der Waals surface area contributed by atoms with Gasteiger partial charge in [0, 0.05) is 49.9 Å². The van der Waals surface area contributed by atoms with Gasteiger partial charge in [-0.1, -0.05) is 42.5 Å². The fourth-order valence-corrected chi connectivity index (χ4v) is 4.75. The highest BCUT2D eigenvalue weighted by atomic mass is 16.5. The number of nitrogens with one attached hydrogen (secondary N) is 1. The number of hydrogen-bond acceptors (Lipinski definition) is 4. The van der Waals surface area contributed by atoms with Crippen LogP contribution in [0, 0.1) is 5.92 Å². The van der Waals surface area contributed by atoms with Crippen molar-refractivity contribution in [2.45, 2.75) is 25.9 Å². The van der Waals surface area contributed by atoms with E-state index in [1.165, 1.54) is 16.5 Å². The van der Waals surface area contributed by atoms with E-state index < -0.39 is 0 Å². The van der Waals surface area contributed by atoms with Crippen LogP contribution in [0.3, 0.4) is 0 Å². The second kappa shape index (κ2) is 10.00. The summed E-state index contributed by atoms with van der Waals surface area (Å²) in [6, 6.07) is 22.5. The molecule has 0 atom stereocenters. The standard InChI is InChI=1S/C28H30N4O2/c1-34-24-9-5-8-22(18-24)19-30-28(33)23-11-15-31(16-12-23)27-25-13-17-32(26(25)10-14-29-27)20-21-6-3-2-4-7-21/h2-10,13-14,17-18,23H,11-12,15-16,19-20H2,1H3,(H,30,33). The Hall–Kier alpha value is -3.80. The SMILES string of the molecule is COc1cccc(CNC(=O)C2CCN(c3nccc4c3ccn4Cc3ccccc3)CC2)c1. The molecule has 0 bridgehead atoms. The fraction of sp³-hybridized carbons (Fsp3) is 0.286. The van der Waals surface area contributed by atoms with E-state index in [1.807, 2.05) is 36.5 Å². The predicted octanol–water partition coefficient (Wildman–Crippen LogP) is 4.63. The van der Waals surface area contributed by atoms with Gasteiger partial charge in [-0.3, -0.25) is 4.79 Å². The van der Waals surface area contributed by atoms with Crippen molar-refractivity contribution in [1.82, 2.24) is 14.9 Å². The van der Waals surface area contributed by atoms with Gasteiger partial charge in [0.1, 0.15) is 11.6 Å². The Labute approximate surface area is 200 Å². The van der Waals surface area contributed by atoms with Crippen molar-refractivity contribution in [2.24, 2.45) is 5.92 Å². The van der Waals surface area contributed by atoms with Gasteiger partial charge in [-0.2, -0.15) is 0 Å².